The molecular weight excluding hydrogens is 198 g/mol. The molecule has 1 aliphatic carbocycles. The predicted octanol–water partition coefficient (Wildman–Crippen LogP) is 2.57. The molecule has 3 rings (SSSR count). The molecule has 3 nitrogen and oxygen atoms in total. The highest BCUT2D eigenvalue weighted by molar-refractivity contribution is 5.77. The summed E-state index contributed by atoms with van der Waals surface area (Å²) in [5.74, 6) is 2.53. The Kier molecular flexibility index (Phi) is 1.81. The first-order valence-corrected chi connectivity index (χ1v) is 5.57. The molecule has 0 radical (unpaired) electrons. The van der Waals surface area contributed by atoms with Crippen LogP contribution in [0.5, 0.6) is 0 Å². The molecule has 0 bridgehead atoms. The highest BCUT2D eigenvalue weighted by Crippen LogP contribution is 2.46. The Morgan fingerprint density at radius 2 is 2.25 bits per heavy atom. The van der Waals surface area contributed by atoms with Crippen LogP contribution in [0.4, 0.5) is 0 Å². The molecule has 2 atom stereocenters. The summed E-state index contributed by atoms with van der Waals surface area (Å²) in [6.07, 6.45) is 1.24. The molecule has 80 valence electrons. The monoisotopic (exact) mass is 211 g/mol. The van der Waals surface area contributed by atoms with E-state index in [-0.39, 0.29) is 0 Å². The average Bonchev–Trinajstić information content (AvgIpc) is 2.93. The van der Waals surface area contributed by atoms with Crippen molar-refractivity contribution in [2.45, 2.75) is 19.3 Å². The van der Waals surface area contributed by atoms with Crippen LogP contribution in [0.25, 0.3) is 11.0 Å². The smallest absolute Gasteiger partial charge is 0.113 e. The van der Waals surface area contributed by atoms with Gasteiger partial charge in [0, 0.05) is 13.0 Å². The maximum absolute atomic E-state index is 8.88. The number of fused-ring (bicyclic) bond motifs is 1. The van der Waals surface area contributed by atoms with E-state index in [0.29, 0.717) is 11.5 Å². The third kappa shape index (κ3) is 1.23. The van der Waals surface area contributed by atoms with Crippen LogP contribution < -0.4 is 0 Å². The van der Waals surface area contributed by atoms with E-state index in [1.807, 2.05) is 25.2 Å². The minimum absolute atomic E-state index is 0.614. The lowest BCUT2D eigenvalue weighted by atomic mass is 10.2. The zero-order valence-electron chi connectivity index (χ0n) is 9.44. The van der Waals surface area contributed by atoms with Crippen LogP contribution in [0.1, 0.15) is 30.7 Å². The lowest BCUT2D eigenvalue weighted by Crippen LogP contribution is -1.96. The summed E-state index contributed by atoms with van der Waals surface area (Å²) >= 11 is 0. The van der Waals surface area contributed by atoms with Crippen LogP contribution in [0.3, 0.4) is 0 Å². The Hall–Kier alpha value is -1.82. The Bertz CT molecular complexity index is 603. The maximum Gasteiger partial charge on any atom is 0.113 e. The van der Waals surface area contributed by atoms with Crippen molar-refractivity contribution < 1.29 is 0 Å². The Morgan fingerprint density at radius 3 is 2.88 bits per heavy atom. The number of aryl methyl sites for hydroxylation is 1. The fraction of sp³-hybridized carbons (Fsp3) is 0.385. The molecule has 0 amide bonds. The minimum atomic E-state index is 0.614. The lowest BCUT2D eigenvalue weighted by Gasteiger charge is -1.99. The van der Waals surface area contributed by atoms with Crippen molar-refractivity contribution in [1.82, 2.24) is 9.55 Å². The molecule has 2 aromatic rings. The third-order valence-electron chi connectivity index (χ3n) is 3.49. The lowest BCUT2D eigenvalue weighted by molar-refractivity contribution is 0.779. The molecule has 3 heteroatoms. The Labute approximate surface area is 94.3 Å². The van der Waals surface area contributed by atoms with Crippen molar-refractivity contribution in [3.8, 4) is 6.07 Å². The van der Waals surface area contributed by atoms with Gasteiger partial charge in [-0.2, -0.15) is 5.26 Å². The Balaban J connectivity index is 2.20. The summed E-state index contributed by atoms with van der Waals surface area (Å²) in [7, 11) is 2.04. The number of imidazole rings is 1. The Morgan fingerprint density at radius 1 is 1.50 bits per heavy atom. The zero-order chi connectivity index (χ0) is 11.3. The van der Waals surface area contributed by atoms with Crippen molar-refractivity contribution in [3.63, 3.8) is 0 Å². The number of rotatable bonds is 1. The van der Waals surface area contributed by atoms with Crippen LogP contribution in [0.2, 0.25) is 0 Å². The van der Waals surface area contributed by atoms with Crippen molar-refractivity contribution in [2.75, 3.05) is 0 Å². The first kappa shape index (κ1) is 9.41. The second kappa shape index (κ2) is 3.08. The summed E-state index contributed by atoms with van der Waals surface area (Å²) in [5, 5.41) is 8.88. The van der Waals surface area contributed by atoms with E-state index in [2.05, 4.69) is 22.5 Å². The summed E-state index contributed by atoms with van der Waals surface area (Å²) in [5.41, 5.74) is 2.76. The van der Waals surface area contributed by atoms with E-state index in [1.54, 1.807) is 0 Å². The molecule has 1 aromatic heterocycles. The number of hydrogen-bond donors (Lipinski definition) is 0. The largest absolute Gasteiger partial charge is 0.331 e. The third-order valence-corrected chi connectivity index (χ3v) is 3.49. The van der Waals surface area contributed by atoms with Crippen LogP contribution in [-0.2, 0) is 7.05 Å². The molecule has 0 saturated heterocycles. The van der Waals surface area contributed by atoms with Gasteiger partial charge in [-0.3, -0.25) is 0 Å². The SMILES string of the molecule is CC1CC1c1nc2ccc(C#N)cc2n1C. The number of benzene rings is 1. The molecular formula is C13H13N3. The van der Waals surface area contributed by atoms with Crippen molar-refractivity contribution >= 4 is 11.0 Å². The van der Waals surface area contributed by atoms with Gasteiger partial charge in [0.1, 0.15) is 5.82 Å². The van der Waals surface area contributed by atoms with Gasteiger partial charge < -0.3 is 4.57 Å². The number of aromatic nitrogens is 2. The van der Waals surface area contributed by atoms with Gasteiger partial charge in [-0.15, -0.1) is 0 Å². The molecule has 1 aliphatic rings. The normalized spacial score (nSPS) is 23.3. The van der Waals surface area contributed by atoms with Crippen LogP contribution in [0.15, 0.2) is 18.2 Å². The first-order valence-electron chi connectivity index (χ1n) is 5.57. The van der Waals surface area contributed by atoms with Gasteiger partial charge in [-0.25, -0.2) is 4.98 Å². The quantitative estimate of drug-likeness (QED) is 0.727. The number of nitriles is 1. The van der Waals surface area contributed by atoms with E-state index in [4.69, 9.17) is 5.26 Å². The van der Waals surface area contributed by atoms with E-state index < -0.39 is 0 Å². The number of hydrogen-bond acceptors (Lipinski definition) is 2. The topological polar surface area (TPSA) is 41.6 Å². The van der Waals surface area contributed by atoms with Gasteiger partial charge in [0.05, 0.1) is 22.7 Å². The summed E-state index contributed by atoms with van der Waals surface area (Å²) in [4.78, 5) is 4.65. The summed E-state index contributed by atoms with van der Waals surface area (Å²) < 4.78 is 2.13. The van der Waals surface area contributed by atoms with Gasteiger partial charge in [0.2, 0.25) is 0 Å². The maximum atomic E-state index is 8.88. The fourth-order valence-corrected chi connectivity index (χ4v) is 2.29. The van der Waals surface area contributed by atoms with Crippen molar-refractivity contribution in [1.29, 1.82) is 5.26 Å². The highest BCUT2D eigenvalue weighted by atomic mass is 15.1. The van der Waals surface area contributed by atoms with Gasteiger partial charge in [-0.1, -0.05) is 6.92 Å². The van der Waals surface area contributed by atoms with Crippen molar-refractivity contribution in [3.05, 3.63) is 29.6 Å². The molecule has 16 heavy (non-hydrogen) atoms. The molecule has 1 fully saturated rings. The second-order valence-corrected chi connectivity index (χ2v) is 4.66. The zero-order valence-corrected chi connectivity index (χ0v) is 9.44. The predicted molar refractivity (Wildman–Crippen MR) is 62.0 cm³/mol. The molecule has 1 aromatic carbocycles. The van der Waals surface area contributed by atoms with Gasteiger partial charge >= 0.3 is 0 Å². The van der Waals surface area contributed by atoms with Crippen molar-refractivity contribution in [2.24, 2.45) is 13.0 Å². The van der Waals surface area contributed by atoms with Crippen LogP contribution >= 0.6 is 0 Å². The van der Waals surface area contributed by atoms with Gasteiger partial charge in [0.25, 0.3) is 0 Å². The minimum Gasteiger partial charge on any atom is -0.331 e. The standard InChI is InChI=1S/C13H13N3/c1-8-5-10(8)13-15-11-4-3-9(7-14)6-12(11)16(13)2/h3-4,6,8,10H,5H2,1-2H3. The molecule has 1 saturated carbocycles. The molecule has 1 heterocycles. The van der Waals surface area contributed by atoms with E-state index in [0.717, 1.165) is 22.8 Å². The van der Waals surface area contributed by atoms with E-state index in [9.17, 15) is 0 Å². The van der Waals surface area contributed by atoms with E-state index in [1.165, 1.54) is 6.42 Å². The molecule has 0 aliphatic heterocycles. The molecule has 2 unspecified atom stereocenters. The fourth-order valence-electron chi connectivity index (χ4n) is 2.29. The molecule has 0 N–H and O–H groups in total. The van der Waals surface area contributed by atoms with E-state index >= 15 is 0 Å². The second-order valence-electron chi connectivity index (χ2n) is 4.66. The van der Waals surface area contributed by atoms with Gasteiger partial charge in [0.15, 0.2) is 0 Å². The molecule has 0 spiro atoms. The number of nitrogens with zero attached hydrogens (tertiary/aromatic N) is 3. The first-order chi connectivity index (χ1) is 7.70. The van der Waals surface area contributed by atoms with Crippen LogP contribution in [0, 0.1) is 17.2 Å². The van der Waals surface area contributed by atoms with Gasteiger partial charge in [-0.05, 0) is 30.5 Å². The summed E-state index contributed by atoms with van der Waals surface area (Å²) in [6.45, 7) is 2.25. The average molecular weight is 211 g/mol. The summed E-state index contributed by atoms with van der Waals surface area (Å²) in [6, 6.07) is 7.85. The van der Waals surface area contributed by atoms with Crippen LogP contribution in [-0.4, -0.2) is 9.55 Å². The highest BCUT2D eigenvalue weighted by Gasteiger charge is 2.37.